The molecule has 0 bridgehead atoms. The number of rotatable bonds is 10. The van der Waals surface area contributed by atoms with E-state index in [9.17, 15) is 4.79 Å². The zero-order valence-corrected chi connectivity index (χ0v) is 18.4. The van der Waals surface area contributed by atoms with E-state index in [-0.39, 0.29) is 11.9 Å². The fraction of sp³-hybridized carbons (Fsp3) is 0.480. The monoisotopic (exact) mass is 397 g/mol. The van der Waals surface area contributed by atoms with Gasteiger partial charge in [0.2, 0.25) is 6.29 Å². The Morgan fingerprint density at radius 1 is 0.931 bits per heavy atom. The molecule has 2 N–H and O–H groups in total. The van der Waals surface area contributed by atoms with Gasteiger partial charge in [-0.2, -0.15) is 0 Å². The molecule has 0 aromatic heterocycles. The Kier molecular flexibility index (Phi) is 8.00. The first-order chi connectivity index (χ1) is 13.6. The van der Waals surface area contributed by atoms with E-state index in [0.717, 1.165) is 11.1 Å². The SMILES string of the molecule is CC(C)C(C)(CC(C)(C)N)C(=O)OC(Cc1ccccc1)OCc1ccccc1. The Morgan fingerprint density at radius 2 is 1.45 bits per heavy atom. The molecular weight excluding hydrogens is 362 g/mol. The van der Waals surface area contributed by atoms with Gasteiger partial charge in [0.15, 0.2) is 0 Å². The lowest BCUT2D eigenvalue weighted by molar-refractivity contribution is -0.195. The van der Waals surface area contributed by atoms with Crippen molar-refractivity contribution in [3.63, 3.8) is 0 Å². The lowest BCUT2D eigenvalue weighted by Gasteiger charge is -2.37. The van der Waals surface area contributed by atoms with Crippen molar-refractivity contribution in [2.75, 3.05) is 0 Å². The lowest BCUT2D eigenvalue weighted by atomic mass is 9.71. The molecule has 0 amide bonds. The summed E-state index contributed by atoms with van der Waals surface area (Å²) in [6.45, 7) is 10.3. The highest BCUT2D eigenvalue weighted by molar-refractivity contribution is 5.77. The van der Waals surface area contributed by atoms with E-state index in [1.54, 1.807) is 0 Å². The molecule has 0 aliphatic carbocycles. The summed E-state index contributed by atoms with van der Waals surface area (Å²) in [6.07, 6.45) is 0.372. The average molecular weight is 398 g/mol. The largest absolute Gasteiger partial charge is 0.435 e. The zero-order chi connectivity index (χ0) is 21.5. The number of benzene rings is 2. The first-order valence-corrected chi connectivity index (χ1v) is 10.3. The van der Waals surface area contributed by atoms with Gasteiger partial charge >= 0.3 is 5.97 Å². The van der Waals surface area contributed by atoms with Gasteiger partial charge in [0.05, 0.1) is 12.0 Å². The van der Waals surface area contributed by atoms with Gasteiger partial charge in [0.25, 0.3) is 0 Å². The molecule has 0 fully saturated rings. The highest BCUT2D eigenvalue weighted by Crippen LogP contribution is 2.37. The number of carbonyl (C=O) groups excluding carboxylic acids is 1. The maximum absolute atomic E-state index is 13.2. The average Bonchev–Trinajstić information content (AvgIpc) is 2.66. The number of carbonyl (C=O) groups is 1. The Labute approximate surface area is 175 Å². The first-order valence-electron chi connectivity index (χ1n) is 10.3. The van der Waals surface area contributed by atoms with Crippen LogP contribution in [0.3, 0.4) is 0 Å². The lowest BCUT2D eigenvalue weighted by Crippen LogP contribution is -2.46. The molecule has 0 aliphatic rings. The Morgan fingerprint density at radius 3 is 1.93 bits per heavy atom. The smallest absolute Gasteiger partial charge is 0.314 e. The van der Waals surface area contributed by atoms with Gasteiger partial charge < -0.3 is 15.2 Å². The topological polar surface area (TPSA) is 61.6 Å². The van der Waals surface area contributed by atoms with Crippen LogP contribution in [0.1, 0.15) is 52.2 Å². The first kappa shape index (κ1) is 23.1. The molecule has 2 atom stereocenters. The molecule has 0 spiro atoms. The zero-order valence-electron chi connectivity index (χ0n) is 18.4. The second-order valence-electron chi connectivity index (χ2n) is 9.06. The Bertz CT molecular complexity index is 753. The van der Waals surface area contributed by atoms with Crippen molar-refractivity contribution in [1.29, 1.82) is 0 Å². The molecule has 29 heavy (non-hydrogen) atoms. The molecule has 4 nitrogen and oxygen atoms in total. The maximum Gasteiger partial charge on any atom is 0.314 e. The second kappa shape index (κ2) is 10.0. The third-order valence-corrected chi connectivity index (χ3v) is 5.33. The summed E-state index contributed by atoms with van der Waals surface area (Å²) in [7, 11) is 0. The van der Waals surface area contributed by atoms with Crippen molar-refractivity contribution in [3.8, 4) is 0 Å². The minimum Gasteiger partial charge on any atom is -0.435 e. The Hall–Kier alpha value is -2.17. The van der Waals surface area contributed by atoms with Gasteiger partial charge in [-0.1, -0.05) is 74.5 Å². The molecular formula is C25H35NO3. The van der Waals surface area contributed by atoms with Gasteiger partial charge in [-0.15, -0.1) is 0 Å². The third-order valence-electron chi connectivity index (χ3n) is 5.33. The van der Waals surface area contributed by atoms with Crippen molar-refractivity contribution >= 4 is 5.97 Å². The third kappa shape index (κ3) is 7.30. The molecule has 0 saturated carbocycles. The Balaban J connectivity index is 2.16. The fourth-order valence-electron chi connectivity index (χ4n) is 3.42. The van der Waals surface area contributed by atoms with Crippen molar-refractivity contribution in [1.82, 2.24) is 0 Å². The number of esters is 1. The van der Waals surface area contributed by atoms with Crippen molar-refractivity contribution in [2.45, 2.75) is 65.9 Å². The molecule has 2 rings (SSSR count). The summed E-state index contributed by atoms with van der Waals surface area (Å²) < 4.78 is 12.0. The van der Waals surface area contributed by atoms with E-state index in [2.05, 4.69) is 0 Å². The van der Waals surface area contributed by atoms with Gasteiger partial charge in [-0.05, 0) is 44.2 Å². The molecule has 4 heteroatoms. The normalized spacial score (nSPS) is 15.0. The van der Waals surface area contributed by atoms with Crippen LogP contribution in [0.4, 0.5) is 0 Å². The molecule has 0 saturated heterocycles. The van der Waals surface area contributed by atoms with Crippen molar-refractivity contribution in [3.05, 3.63) is 71.8 Å². The van der Waals surface area contributed by atoms with Gasteiger partial charge in [0.1, 0.15) is 0 Å². The number of hydrogen-bond acceptors (Lipinski definition) is 4. The van der Waals surface area contributed by atoms with Crippen LogP contribution in [0, 0.1) is 11.3 Å². The number of nitrogens with two attached hydrogens (primary N) is 1. The van der Waals surface area contributed by atoms with E-state index in [4.69, 9.17) is 15.2 Å². The predicted octanol–water partition coefficient (Wildman–Crippen LogP) is 5.10. The van der Waals surface area contributed by atoms with Crippen LogP contribution in [-0.4, -0.2) is 17.8 Å². The molecule has 158 valence electrons. The van der Waals surface area contributed by atoms with Gasteiger partial charge in [-0.25, -0.2) is 0 Å². The van der Waals surface area contributed by atoms with E-state index < -0.39 is 17.2 Å². The number of ether oxygens (including phenoxy) is 2. The van der Waals surface area contributed by atoms with Crippen LogP contribution in [0.5, 0.6) is 0 Å². The van der Waals surface area contributed by atoms with E-state index in [1.165, 1.54) is 0 Å². The summed E-state index contributed by atoms with van der Waals surface area (Å²) >= 11 is 0. The van der Waals surface area contributed by atoms with Gasteiger partial charge in [0, 0.05) is 12.0 Å². The van der Waals surface area contributed by atoms with E-state index in [1.807, 2.05) is 95.3 Å². The molecule has 2 unspecified atom stereocenters. The summed E-state index contributed by atoms with van der Waals surface area (Å²) in [5.41, 5.74) is 7.18. The van der Waals surface area contributed by atoms with E-state index in [0.29, 0.717) is 19.4 Å². The van der Waals surface area contributed by atoms with Crippen LogP contribution >= 0.6 is 0 Å². The highest BCUT2D eigenvalue weighted by Gasteiger charge is 2.42. The molecule has 0 radical (unpaired) electrons. The maximum atomic E-state index is 13.2. The minimum absolute atomic E-state index is 0.0873. The van der Waals surface area contributed by atoms with Crippen LogP contribution in [0.25, 0.3) is 0 Å². The quantitative estimate of drug-likeness (QED) is 0.447. The molecule has 2 aromatic rings. The summed E-state index contributed by atoms with van der Waals surface area (Å²) in [6, 6.07) is 19.8. The summed E-state index contributed by atoms with van der Waals surface area (Å²) in [5.74, 6) is -0.177. The fourth-order valence-corrected chi connectivity index (χ4v) is 3.42. The molecule has 2 aromatic carbocycles. The van der Waals surface area contributed by atoms with E-state index >= 15 is 0 Å². The van der Waals surface area contributed by atoms with Crippen LogP contribution < -0.4 is 5.73 Å². The standard InChI is InChI=1S/C25H35NO3/c1-19(2)25(5,18-24(3,4)26)23(27)29-22(16-20-12-8-6-9-13-20)28-17-21-14-10-7-11-15-21/h6-15,19,22H,16-18,26H2,1-5H3. The summed E-state index contributed by atoms with van der Waals surface area (Å²) in [5, 5.41) is 0. The van der Waals surface area contributed by atoms with Crippen molar-refractivity contribution in [2.24, 2.45) is 17.1 Å². The summed E-state index contributed by atoms with van der Waals surface area (Å²) in [4.78, 5) is 13.2. The molecule has 0 heterocycles. The van der Waals surface area contributed by atoms with Crippen molar-refractivity contribution < 1.29 is 14.3 Å². The number of hydrogen-bond donors (Lipinski definition) is 1. The van der Waals surface area contributed by atoms with Crippen LogP contribution in [-0.2, 0) is 27.3 Å². The highest BCUT2D eigenvalue weighted by atomic mass is 16.7. The van der Waals surface area contributed by atoms with Gasteiger partial charge in [-0.3, -0.25) is 4.79 Å². The predicted molar refractivity (Wildman–Crippen MR) is 117 cm³/mol. The van der Waals surface area contributed by atoms with Crippen LogP contribution in [0.15, 0.2) is 60.7 Å². The van der Waals surface area contributed by atoms with Crippen LogP contribution in [0.2, 0.25) is 0 Å². The second-order valence-corrected chi connectivity index (χ2v) is 9.06. The minimum atomic E-state index is -0.691. The molecule has 0 aliphatic heterocycles.